The molecule has 0 amide bonds. The van der Waals surface area contributed by atoms with Crippen molar-refractivity contribution < 1.29 is 8.42 Å². The van der Waals surface area contributed by atoms with E-state index in [1.165, 1.54) is 0 Å². The Balaban J connectivity index is 1.99. The van der Waals surface area contributed by atoms with Gasteiger partial charge >= 0.3 is 0 Å². The third-order valence-electron chi connectivity index (χ3n) is 3.90. The summed E-state index contributed by atoms with van der Waals surface area (Å²) in [5.74, 6) is 0. The first kappa shape index (κ1) is 15.6. The highest BCUT2D eigenvalue weighted by molar-refractivity contribution is 9.09. The summed E-state index contributed by atoms with van der Waals surface area (Å²) in [7, 11) is -3.51. The number of nitrogens with zero attached hydrogens (tertiary/aromatic N) is 2. The molecule has 6 heteroatoms. The van der Waals surface area contributed by atoms with Crippen molar-refractivity contribution in [1.29, 1.82) is 0 Å². The number of rotatable bonds is 3. The fraction of sp³-hybridized carbons (Fsp3) is 0.312. The predicted octanol–water partition coefficient (Wildman–Crippen LogP) is 3.29. The molecule has 1 aliphatic heterocycles. The summed E-state index contributed by atoms with van der Waals surface area (Å²) in [6, 6.07) is 10.6. The van der Waals surface area contributed by atoms with Gasteiger partial charge in [-0.05, 0) is 37.1 Å². The van der Waals surface area contributed by atoms with Crippen LogP contribution in [0.3, 0.4) is 0 Å². The second kappa shape index (κ2) is 6.10. The molecule has 0 bridgehead atoms. The van der Waals surface area contributed by atoms with Crippen LogP contribution in [-0.4, -0.2) is 29.1 Å². The van der Waals surface area contributed by atoms with Crippen molar-refractivity contribution in [2.75, 3.05) is 6.54 Å². The minimum atomic E-state index is -3.51. The van der Waals surface area contributed by atoms with Crippen molar-refractivity contribution >= 4 is 26.0 Å². The van der Waals surface area contributed by atoms with Crippen molar-refractivity contribution in [2.45, 2.75) is 29.1 Å². The Bertz CT molecular complexity index is 747. The maximum Gasteiger partial charge on any atom is 0.243 e. The molecule has 0 unspecified atom stereocenters. The van der Waals surface area contributed by atoms with Gasteiger partial charge in [0.25, 0.3) is 0 Å². The van der Waals surface area contributed by atoms with E-state index < -0.39 is 10.0 Å². The largest absolute Gasteiger partial charge is 0.264 e. The van der Waals surface area contributed by atoms with Crippen LogP contribution in [-0.2, 0) is 10.0 Å². The van der Waals surface area contributed by atoms with Gasteiger partial charge in [-0.25, -0.2) is 8.42 Å². The number of aryl methyl sites for hydroxylation is 1. The maximum absolute atomic E-state index is 13.0. The number of halogens is 1. The Morgan fingerprint density at radius 2 is 1.95 bits per heavy atom. The number of pyridine rings is 1. The van der Waals surface area contributed by atoms with Gasteiger partial charge in [-0.15, -0.1) is 0 Å². The van der Waals surface area contributed by atoms with E-state index in [0.29, 0.717) is 11.4 Å². The number of alkyl halides is 1. The number of benzene rings is 1. The van der Waals surface area contributed by atoms with Gasteiger partial charge in [-0.2, -0.15) is 4.31 Å². The molecule has 0 radical (unpaired) electrons. The van der Waals surface area contributed by atoms with E-state index in [1.807, 2.05) is 31.2 Å². The van der Waals surface area contributed by atoms with E-state index in [1.54, 1.807) is 28.8 Å². The van der Waals surface area contributed by atoms with Gasteiger partial charge in [-0.3, -0.25) is 4.98 Å². The average Bonchev–Trinajstić information content (AvgIpc) is 2.91. The second-order valence-electron chi connectivity index (χ2n) is 5.52. The highest BCUT2D eigenvalue weighted by Gasteiger charge is 2.40. The summed E-state index contributed by atoms with van der Waals surface area (Å²) in [5.41, 5.74) is 1.97. The van der Waals surface area contributed by atoms with Crippen LogP contribution in [0.5, 0.6) is 0 Å². The van der Waals surface area contributed by atoms with Crippen LogP contribution < -0.4 is 0 Å². The number of hydrogen-bond acceptors (Lipinski definition) is 3. The molecule has 3 rings (SSSR count). The van der Waals surface area contributed by atoms with E-state index in [4.69, 9.17) is 0 Å². The average molecular weight is 381 g/mol. The van der Waals surface area contributed by atoms with Gasteiger partial charge in [0.1, 0.15) is 0 Å². The molecular weight excluding hydrogens is 364 g/mol. The molecule has 116 valence electrons. The molecule has 1 aromatic heterocycles. The Kier molecular flexibility index (Phi) is 4.34. The lowest BCUT2D eigenvalue weighted by atomic mass is 10.1. The number of hydrogen-bond donors (Lipinski definition) is 0. The minimum absolute atomic E-state index is 0.151. The molecule has 0 aliphatic carbocycles. The fourth-order valence-electron chi connectivity index (χ4n) is 2.74. The normalized spacial score (nSPS) is 22.8. The molecule has 2 atom stereocenters. The lowest BCUT2D eigenvalue weighted by Crippen LogP contribution is -2.31. The van der Waals surface area contributed by atoms with Crippen LogP contribution in [0, 0.1) is 6.92 Å². The first-order chi connectivity index (χ1) is 10.5. The van der Waals surface area contributed by atoms with Crippen LogP contribution in [0.25, 0.3) is 0 Å². The van der Waals surface area contributed by atoms with Crippen LogP contribution in [0.1, 0.15) is 23.6 Å². The Morgan fingerprint density at radius 3 is 2.59 bits per heavy atom. The van der Waals surface area contributed by atoms with Gasteiger partial charge in [-0.1, -0.05) is 39.7 Å². The van der Waals surface area contributed by atoms with Gasteiger partial charge in [0.2, 0.25) is 10.0 Å². The van der Waals surface area contributed by atoms with Crippen LogP contribution in [0.2, 0.25) is 0 Å². The topological polar surface area (TPSA) is 50.3 Å². The molecule has 0 saturated carbocycles. The van der Waals surface area contributed by atoms with Crippen molar-refractivity contribution in [3.8, 4) is 0 Å². The highest BCUT2D eigenvalue weighted by Crippen LogP contribution is 2.38. The summed E-state index contributed by atoms with van der Waals surface area (Å²) >= 11 is 3.57. The van der Waals surface area contributed by atoms with Gasteiger partial charge in [0.05, 0.1) is 10.9 Å². The summed E-state index contributed by atoms with van der Waals surface area (Å²) in [4.78, 5) is 4.61. The van der Waals surface area contributed by atoms with E-state index in [2.05, 4.69) is 20.9 Å². The zero-order chi connectivity index (χ0) is 15.7. The summed E-state index contributed by atoms with van der Waals surface area (Å²) in [5, 5.41) is 0. The molecule has 1 fully saturated rings. The van der Waals surface area contributed by atoms with Crippen molar-refractivity contribution in [3.05, 3.63) is 59.9 Å². The summed E-state index contributed by atoms with van der Waals surface area (Å²) in [6.07, 6.45) is 4.19. The number of aromatic nitrogens is 1. The standard InChI is InChI=1S/C16H17BrN2O2S/c1-12-4-6-15(7-5-12)22(20,21)19-11-14(17)9-16(19)13-3-2-8-18-10-13/h2-8,10,14,16H,9,11H2,1H3/t14-,16+/m1/s1. The van der Waals surface area contributed by atoms with Crippen LogP contribution in [0.15, 0.2) is 53.7 Å². The third-order valence-corrected chi connectivity index (χ3v) is 6.45. The van der Waals surface area contributed by atoms with Crippen molar-refractivity contribution in [1.82, 2.24) is 9.29 Å². The first-order valence-electron chi connectivity index (χ1n) is 7.11. The summed E-state index contributed by atoms with van der Waals surface area (Å²) < 4.78 is 27.5. The monoisotopic (exact) mass is 380 g/mol. The molecule has 0 N–H and O–H groups in total. The molecule has 1 aliphatic rings. The SMILES string of the molecule is Cc1ccc(S(=O)(=O)N2C[C@H](Br)C[C@H]2c2cccnc2)cc1. The van der Waals surface area contributed by atoms with Crippen molar-refractivity contribution in [3.63, 3.8) is 0 Å². The second-order valence-corrected chi connectivity index (χ2v) is 8.71. The Labute approximate surface area is 139 Å². The Hall–Kier alpha value is -1.24. The van der Waals surface area contributed by atoms with Gasteiger partial charge in [0.15, 0.2) is 0 Å². The van der Waals surface area contributed by atoms with Gasteiger partial charge in [0, 0.05) is 23.8 Å². The quantitative estimate of drug-likeness (QED) is 0.767. The van der Waals surface area contributed by atoms with Crippen LogP contribution in [0.4, 0.5) is 0 Å². The Morgan fingerprint density at radius 1 is 1.23 bits per heavy atom. The molecule has 1 aromatic carbocycles. The molecule has 2 heterocycles. The molecule has 1 saturated heterocycles. The lowest BCUT2D eigenvalue weighted by molar-refractivity contribution is 0.396. The van der Waals surface area contributed by atoms with Gasteiger partial charge < -0.3 is 0 Å². The van der Waals surface area contributed by atoms with E-state index >= 15 is 0 Å². The fourth-order valence-corrected chi connectivity index (χ4v) is 5.27. The molecule has 2 aromatic rings. The predicted molar refractivity (Wildman–Crippen MR) is 89.4 cm³/mol. The zero-order valence-electron chi connectivity index (χ0n) is 12.2. The van der Waals surface area contributed by atoms with Crippen LogP contribution >= 0.6 is 15.9 Å². The van der Waals surface area contributed by atoms with E-state index in [9.17, 15) is 8.42 Å². The minimum Gasteiger partial charge on any atom is -0.264 e. The smallest absolute Gasteiger partial charge is 0.243 e. The summed E-state index contributed by atoms with van der Waals surface area (Å²) in [6.45, 7) is 2.41. The van der Waals surface area contributed by atoms with E-state index in [0.717, 1.165) is 17.5 Å². The molecular formula is C16H17BrN2O2S. The lowest BCUT2D eigenvalue weighted by Gasteiger charge is -2.24. The van der Waals surface area contributed by atoms with Crippen molar-refractivity contribution in [2.24, 2.45) is 0 Å². The van der Waals surface area contributed by atoms with E-state index in [-0.39, 0.29) is 10.9 Å². The number of sulfonamides is 1. The third kappa shape index (κ3) is 2.95. The zero-order valence-corrected chi connectivity index (χ0v) is 14.6. The highest BCUT2D eigenvalue weighted by atomic mass is 79.9. The molecule has 0 spiro atoms. The molecule has 22 heavy (non-hydrogen) atoms. The first-order valence-corrected chi connectivity index (χ1v) is 9.46. The maximum atomic E-state index is 13.0. The molecule has 4 nitrogen and oxygen atoms in total.